The van der Waals surface area contributed by atoms with Crippen molar-refractivity contribution in [1.82, 2.24) is 14.6 Å². The predicted octanol–water partition coefficient (Wildman–Crippen LogP) is 4.62. The molecule has 0 atom stereocenters. The Hall–Kier alpha value is -4.04. The molecule has 2 heterocycles. The van der Waals surface area contributed by atoms with E-state index in [9.17, 15) is 9.59 Å². The standard InChI is InChI=1S/C27H23N3O4S/c1-3-4-13-33-21-11-9-18(10-12-21)14-24-26(32)30-27(35-24)28-25(29-30)22-15-19-7-5-6-8-20(19)16-23(22)34-17(2)31/h5-12,14-16H,3-4,13H2,1-2H3/b24-14-. The lowest BCUT2D eigenvalue weighted by Crippen LogP contribution is -2.23. The molecule has 0 saturated carbocycles. The van der Waals surface area contributed by atoms with Gasteiger partial charge in [-0.2, -0.15) is 9.50 Å². The molecule has 0 saturated heterocycles. The predicted molar refractivity (Wildman–Crippen MR) is 137 cm³/mol. The van der Waals surface area contributed by atoms with Crippen molar-refractivity contribution >= 4 is 39.1 Å². The van der Waals surface area contributed by atoms with Crippen LogP contribution in [-0.2, 0) is 4.79 Å². The van der Waals surface area contributed by atoms with Crippen molar-refractivity contribution in [2.24, 2.45) is 0 Å². The molecule has 0 unspecified atom stereocenters. The van der Waals surface area contributed by atoms with Crippen LogP contribution in [0.2, 0.25) is 0 Å². The summed E-state index contributed by atoms with van der Waals surface area (Å²) in [5, 5.41) is 6.33. The van der Waals surface area contributed by atoms with Crippen LogP contribution in [0.5, 0.6) is 11.5 Å². The number of benzene rings is 3. The molecule has 8 heteroatoms. The third-order valence-corrected chi connectivity index (χ3v) is 6.43. The highest BCUT2D eigenvalue weighted by Crippen LogP contribution is 2.33. The van der Waals surface area contributed by atoms with Crippen LogP contribution in [0.25, 0.3) is 33.2 Å². The van der Waals surface area contributed by atoms with Gasteiger partial charge in [0.15, 0.2) is 5.82 Å². The van der Waals surface area contributed by atoms with Gasteiger partial charge in [0.1, 0.15) is 11.5 Å². The van der Waals surface area contributed by atoms with Crippen molar-refractivity contribution in [2.45, 2.75) is 26.7 Å². The molecule has 0 spiro atoms. The van der Waals surface area contributed by atoms with Gasteiger partial charge >= 0.3 is 5.97 Å². The summed E-state index contributed by atoms with van der Waals surface area (Å²) in [4.78, 5) is 29.8. The van der Waals surface area contributed by atoms with E-state index in [1.807, 2.05) is 60.7 Å². The average molecular weight is 486 g/mol. The monoisotopic (exact) mass is 485 g/mol. The Bertz CT molecular complexity index is 1640. The van der Waals surface area contributed by atoms with E-state index in [4.69, 9.17) is 9.47 Å². The number of thiazole rings is 1. The van der Waals surface area contributed by atoms with Gasteiger partial charge in [-0.25, -0.2) is 0 Å². The maximum Gasteiger partial charge on any atom is 0.308 e. The van der Waals surface area contributed by atoms with E-state index < -0.39 is 5.97 Å². The fourth-order valence-corrected chi connectivity index (χ4v) is 4.64. The Morgan fingerprint density at radius 2 is 1.83 bits per heavy atom. The zero-order valence-corrected chi connectivity index (χ0v) is 20.2. The number of hydrogen-bond acceptors (Lipinski definition) is 7. The highest BCUT2D eigenvalue weighted by atomic mass is 32.1. The van der Waals surface area contributed by atoms with Gasteiger partial charge in [0.05, 0.1) is 16.7 Å². The fraction of sp³-hybridized carbons (Fsp3) is 0.185. The molecule has 0 radical (unpaired) electrons. The van der Waals surface area contributed by atoms with Gasteiger partial charge in [0.25, 0.3) is 5.56 Å². The third-order valence-electron chi connectivity index (χ3n) is 5.47. The molecule has 0 amide bonds. The number of fused-ring (bicyclic) bond motifs is 2. The molecule has 176 valence electrons. The first-order valence-electron chi connectivity index (χ1n) is 11.4. The molecular formula is C27H23N3O4S. The summed E-state index contributed by atoms with van der Waals surface area (Å²) in [6, 6.07) is 19.0. The van der Waals surface area contributed by atoms with Crippen LogP contribution in [0.3, 0.4) is 0 Å². The zero-order chi connectivity index (χ0) is 24.4. The van der Waals surface area contributed by atoms with Gasteiger partial charge in [-0.1, -0.05) is 61.1 Å². The molecule has 0 aliphatic rings. The molecule has 0 N–H and O–H groups in total. The number of carbonyl (C=O) groups is 1. The highest BCUT2D eigenvalue weighted by molar-refractivity contribution is 7.15. The highest BCUT2D eigenvalue weighted by Gasteiger charge is 2.17. The van der Waals surface area contributed by atoms with Crippen molar-refractivity contribution in [3.63, 3.8) is 0 Å². The maximum atomic E-state index is 13.0. The number of ether oxygens (including phenoxy) is 2. The van der Waals surface area contributed by atoms with Gasteiger partial charge in [-0.05, 0) is 53.1 Å². The molecule has 5 aromatic rings. The minimum Gasteiger partial charge on any atom is -0.494 e. The van der Waals surface area contributed by atoms with E-state index in [-0.39, 0.29) is 5.56 Å². The van der Waals surface area contributed by atoms with E-state index in [2.05, 4.69) is 17.0 Å². The lowest BCUT2D eigenvalue weighted by atomic mass is 10.1. The maximum absolute atomic E-state index is 13.0. The first-order chi connectivity index (χ1) is 17.0. The molecule has 35 heavy (non-hydrogen) atoms. The SMILES string of the molecule is CCCCOc1ccc(/C=c2\sc3nc(-c4cc5ccccc5cc4OC(C)=O)nn3c2=O)cc1. The molecule has 7 nitrogen and oxygen atoms in total. The normalized spacial score (nSPS) is 11.9. The number of esters is 1. The van der Waals surface area contributed by atoms with Crippen LogP contribution >= 0.6 is 11.3 Å². The summed E-state index contributed by atoms with van der Waals surface area (Å²) in [5.74, 6) is 1.06. The van der Waals surface area contributed by atoms with Crippen LogP contribution in [-0.4, -0.2) is 27.2 Å². The first-order valence-corrected chi connectivity index (χ1v) is 12.2. The summed E-state index contributed by atoms with van der Waals surface area (Å²) < 4.78 is 13.0. The van der Waals surface area contributed by atoms with E-state index in [1.54, 1.807) is 6.07 Å². The van der Waals surface area contributed by atoms with Crippen LogP contribution < -0.4 is 19.6 Å². The number of carbonyl (C=O) groups excluding carboxylic acids is 1. The second-order valence-electron chi connectivity index (χ2n) is 8.11. The Kier molecular flexibility index (Phi) is 6.29. The number of nitrogens with zero attached hydrogens (tertiary/aromatic N) is 3. The molecule has 0 aliphatic carbocycles. The minimum atomic E-state index is -0.439. The topological polar surface area (TPSA) is 82.8 Å². The van der Waals surface area contributed by atoms with E-state index >= 15 is 0 Å². The third kappa shape index (κ3) is 4.79. The lowest BCUT2D eigenvalue weighted by molar-refractivity contribution is -0.131. The van der Waals surface area contributed by atoms with Crippen molar-refractivity contribution < 1.29 is 14.3 Å². The summed E-state index contributed by atoms with van der Waals surface area (Å²) in [6.07, 6.45) is 3.91. The number of aromatic nitrogens is 3. The van der Waals surface area contributed by atoms with Crippen LogP contribution in [0.15, 0.2) is 65.5 Å². The van der Waals surface area contributed by atoms with Crippen LogP contribution in [0.1, 0.15) is 32.3 Å². The van der Waals surface area contributed by atoms with Gasteiger partial charge in [-0.3, -0.25) is 9.59 Å². The first kappa shape index (κ1) is 22.7. The molecule has 0 fully saturated rings. The number of rotatable bonds is 7. The Morgan fingerprint density at radius 3 is 2.51 bits per heavy atom. The average Bonchev–Trinajstić information content (AvgIpc) is 3.38. The van der Waals surface area contributed by atoms with E-state index in [0.717, 1.165) is 34.9 Å². The summed E-state index contributed by atoms with van der Waals surface area (Å²) in [7, 11) is 0. The van der Waals surface area contributed by atoms with Gasteiger partial charge in [0, 0.05) is 6.92 Å². The number of hydrogen-bond donors (Lipinski definition) is 0. The van der Waals surface area contributed by atoms with E-state index in [0.29, 0.717) is 33.2 Å². The minimum absolute atomic E-state index is 0.248. The summed E-state index contributed by atoms with van der Waals surface area (Å²) in [6.45, 7) is 4.16. The van der Waals surface area contributed by atoms with Crippen molar-refractivity contribution in [3.05, 3.63) is 81.1 Å². The van der Waals surface area contributed by atoms with Crippen LogP contribution in [0.4, 0.5) is 0 Å². The Labute approximate surface area is 205 Å². The smallest absolute Gasteiger partial charge is 0.308 e. The molecular weight excluding hydrogens is 462 g/mol. The van der Waals surface area contributed by atoms with Crippen molar-refractivity contribution in [3.8, 4) is 22.9 Å². The summed E-state index contributed by atoms with van der Waals surface area (Å²) in [5.41, 5.74) is 1.20. The second-order valence-corrected chi connectivity index (χ2v) is 9.11. The molecule has 3 aromatic carbocycles. The van der Waals surface area contributed by atoms with Crippen molar-refractivity contribution in [1.29, 1.82) is 0 Å². The molecule has 5 rings (SSSR count). The molecule has 0 aliphatic heterocycles. The largest absolute Gasteiger partial charge is 0.494 e. The molecule has 2 aromatic heterocycles. The Morgan fingerprint density at radius 1 is 1.09 bits per heavy atom. The zero-order valence-electron chi connectivity index (χ0n) is 19.4. The van der Waals surface area contributed by atoms with Crippen molar-refractivity contribution in [2.75, 3.05) is 6.61 Å². The lowest BCUT2D eigenvalue weighted by Gasteiger charge is -2.08. The summed E-state index contributed by atoms with van der Waals surface area (Å²) >= 11 is 1.26. The second kappa shape index (κ2) is 9.68. The quantitative estimate of drug-likeness (QED) is 0.190. The van der Waals surface area contributed by atoms with Crippen LogP contribution in [0, 0.1) is 0 Å². The molecule has 0 bridgehead atoms. The number of unbranched alkanes of at least 4 members (excludes halogenated alkanes) is 1. The fourth-order valence-electron chi connectivity index (χ4n) is 3.73. The van der Waals surface area contributed by atoms with E-state index in [1.165, 1.54) is 22.8 Å². The van der Waals surface area contributed by atoms with Gasteiger partial charge in [0.2, 0.25) is 4.96 Å². The Balaban J connectivity index is 1.50. The van der Waals surface area contributed by atoms with Gasteiger partial charge < -0.3 is 9.47 Å². The van der Waals surface area contributed by atoms with Gasteiger partial charge in [-0.15, -0.1) is 5.10 Å².